The van der Waals surface area contributed by atoms with Gasteiger partial charge in [-0.3, -0.25) is 0 Å². The molecule has 0 atom stereocenters. The molecule has 0 bridgehead atoms. The molecule has 0 aliphatic carbocycles. The first kappa shape index (κ1) is 9.68. The number of alkyl halides is 3. The Morgan fingerprint density at radius 3 is 2.58 bits per heavy atom. The smallest absolute Gasteiger partial charge is 0.235 e. The number of hydrogen-bond donors (Lipinski definition) is 0. The molecule has 0 spiro atoms. The summed E-state index contributed by atoms with van der Waals surface area (Å²) in [6.07, 6.45) is -2.61. The van der Waals surface area contributed by atoms with Gasteiger partial charge in [-0.2, -0.15) is 0 Å². The van der Waals surface area contributed by atoms with Crippen LogP contribution >= 0.6 is 23.2 Å². The van der Waals surface area contributed by atoms with Crippen molar-refractivity contribution in [3.63, 3.8) is 0 Å². The maximum absolute atomic E-state index is 12.1. The highest BCUT2D eigenvalue weighted by Crippen LogP contribution is 2.21. The van der Waals surface area contributed by atoms with Crippen molar-refractivity contribution in [2.24, 2.45) is 0 Å². The van der Waals surface area contributed by atoms with Gasteiger partial charge in [-0.15, -0.1) is 11.6 Å². The van der Waals surface area contributed by atoms with Crippen LogP contribution < -0.4 is 0 Å². The summed E-state index contributed by atoms with van der Waals surface area (Å²) >= 11 is 10.9. The van der Waals surface area contributed by atoms with Crippen molar-refractivity contribution in [2.75, 3.05) is 0 Å². The molecule has 0 amide bonds. The summed E-state index contributed by atoms with van der Waals surface area (Å²) in [4.78, 5) is 3.44. The summed E-state index contributed by atoms with van der Waals surface area (Å²) in [5, 5.41) is 0.0449. The predicted octanol–water partition coefficient (Wildman–Crippen LogP) is 3.41. The molecule has 0 aromatic carbocycles. The molecule has 66 valence electrons. The van der Waals surface area contributed by atoms with Crippen molar-refractivity contribution in [3.8, 4) is 0 Å². The van der Waals surface area contributed by atoms with Crippen LogP contribution in [-0.4, -0.2) is 4.98 Å². The molecule has 0 aliphatic heterocycles. The topological polar surface area (TPSA) is 12.9 Å². The summed E-state index contributed by atoms with van der Waals surface area (Å²) in [5.41, 5.74) is 0.213. The van der Waals surface area contributed by atoms with Crippen molar-refractivity contribution < 1.29 is 8.78 Å². The molecule has 1 rings (SSSR count). The van der Waals surface area contributed by atoms with Crippen molar-refractivity contribution >= 4 is 23.2 Å². The zero-order chi connectivity index (χ0) is 9.14. The van der Waals surface area contributed by atoms with E-state index in [-0.39, 0.29) is 16.7 Å². The maximum Gasteiger partial charge on any atom is 0.280 e. The first-order chi connectivity index (χ1) is 5.63. The van der Waals surface area contributed by atoms with Crippen molar-refractivity contribution in [2.45, 2.75) is 12.3 Å². The largest absolute Gasteiger partial charge is 0.280 e. The average Bonchev–Trinajstić information content (AvgIpc) is 2.03. The Balaban J connectivity index is 3.06. The third-order valence-electron chi connectivity index (χ3n) is 1.25. The zero-order valence-electron chi connectivity index (χ0n) is 5.90. The predicted molar refractivity (Wildman–Crippen MR) is 43.8 cm³/mol. The van der Waals surface area contributed by atoms with Gasteiger partial charge in [0.25, 0.3) is 6.43 Å². The molecule has 1 nitrogen and oxygen atoms in total. The molecule has 0 unspecified atom stereocenters. The Hall–Kier alpha value is -0.410. The number of rotatable bonds is 2. The molecule has 12 heavy (non-hydrogen) atoms. The third-order valence-corrected chi connectivity index (χ3v) is 1.75. The van der Waals surface area contributed by atoms with E-state index in [1.165, 1.54) is 12.1 Å². The second-order valence-corrected chi connectivity index (χ2v) is 2.81. The fourth-order valence-electron chi connectivity index (χ4n) is 0.761. The minimum Gasteiger partial charge on any atom is -0.235 e. The molecule has 0 saturated heterocycles. The Bertz CT molecular complexity index is 278. The molecule has 1 aromatic heterocycles. The number of pyridine rings is 1. The number of nitrogens with zero attached hydrogens (tertiary/aromatic N) is 1. The van der Waals surface area contributed by atoms with E-state index in [0.29, 0.717) is 5.56 Å². The second kappa shape index (κ2) is 4.01. The van der Waals surface area contributed by atoms with E-state index >= 15 is 0 Å². The average molecular weight is 212 g/mol. The molecule has 5 heteroatoms. The SMILES string of the molecule is FC(F)c1cc(CCl)cc(Cl)n1. The number of hydrogen-bond acceptors (Lipinski definition) is 1. The van der Waals surface area contributed by atoms with Gasteiger partial charge < -0.3 is 0 Å². The molecule has 0 aliphatic rings. The monoisotopic (exact) mass is 211 g/mol. The highest BCUT2D eigenvalue weighted by atomic mass is 35.5. The first-order valence-corrected chi connectivity index (χ1v) is 4.05. The Kier molecular flexibility index (Phi) is 3.23. The molecule has 0 saturated carbocycles. The fraction of sp³-hybridized carbons (Fsp3) is 0.286. The summed E-state index contributed by atoms with van der Waals surface area (Å²) in [7, 11) is 0. The van der Waals surface area contributed by atoms with Crippen LogP contribution in [0.3, 0.4) is 0 Å². The third kappa shape index (κ3) is 2.29. The van der Waals surface area contributed by atoms with Gasteiger partial charge in [0.2, 0.25) is 0 Å². The summed E-state index contributed by atoms with van der Waals surface area (Å²) in [5.74, 6) is 0.155. The van der Waals surface area contributed by atoms with E-state index in [1.807, 2.05) is 0 Å². The van der Waals surface area contributed by atoms with E-state index in [2.05, 4.69) is 4.98 Å². The Morgan fingerprint density at radius 1 is 1.42 bits per heavy atom. The molecular weight excluding hydrogens is 207 g/mol. The van der Waals surface area contributed by atoms with Gasteiger partial charge >= 0.3 is 0 Å². The number of aromatic nitrogens is 1. The van der Waals surface area contributed by atoms with Gasteiger partial charge in [-0.25, -0.2) is 13.8 Å². The fourth-order valence-corrected chi connectivity index (χ4v) is 1.15. The molecule has 1 heterocycles. The lowest BCUT2D eigenvalue weighted by Gasteiger charge is -2.01. The maximum atomic E-state index is 12.1. The van der Waals surface area contributed by atoms with Crippen LogP contribution in [0.25, 0.3) is 0 Å². The first-order valence-electron chi connectivity index (χ1n) is 3.14. The van der Waals surface area contributed by atoms with Crippen LogP contribution in [-0.2, 0) is 5.88 Å². The normalized spacial score (nSPS) is 10.8. The van der Waals surface area contributed by atoms with E-state index in [1.54, 1.807) is 0 Å². The highest BCUT2D eigenvalue weighted by molar-refractivity contribution is 6.29. The van der Waals surface area contributed by atoms with Crippen LogP contribution in [0, 0.1) is 0 Å². The summed E-state index contributed by atoms with van der Waals surface area (Å²) in [6, 6.07) is 2.70. The summed E-state index contributed by atoms with van der Waals surface area (Å²) in [6.45, 7) is 0. The van der Waals surface area contributed by atoms with Crippen LogP contribution in [0.15, 0.2) is 12.1 Å². The lowest BCUT2D eigenvalue weighted by atomic mass is 10.2. The molecule has 1 aromatic rings. The second-order valence-electron chi connectivity index (χ2n) is 2.16. The minimum absolute atomic E-state index is 0.0449. The van der Waals surface area contributed by atoms with Crippen LogP contribution in [0.1, 0.15) is 17.7 Å². The Morgan fingerprint density at radius 2 is 2.08 bits per heavy atom. The molecule has 0 radical (unpaired) electrons. The van der Waals surface area contributed by atoms with Crippen molar-refractivity contribution in [1.29, 1.82) is 0 Å². The molecular formula is C7H5Cl2F2N. The van der Waals surface area contributed by atoms with E-state index < -0.39 is 6.43 Å². The van der Waals surface area contributed by atoms with Gasteiger partial charge in [0.15, 0.2) is 0 Å². The van der Waals surface area contributed by atoms with Gasteiger partial charge in [-0.05, 0) is 17.7 Å². The molecule has 0 N–H and O–H groups in total. The zero-order valence-corrected chi connectivity index (χ0v) is 7.41. The van der Waals surface area contributed by atoms with Crippen LogP contribution in [0.4, 0.5) is 8.78 Å². The van der Waals surface area contributed by atoms with Crippen LogP contribution in [0.5, 0.6) is 0 Å². The quantitative estimate of drug-likeness (QED) is 0.540. The summed E-state index contributed by atoms with van der Waals surface area (Å²) < 4.78 is 24.2. The lowest BCUT2D eigenvalue weighted by molar-refractivity contribution is 0.146. The van der Waals surface area contributed by atoms with Gasteiger partial charge in [0, 0.05) is 5.88 Å². The van der Waals surface area contributed by atoms with Gasteiger partial charge in [-0.1, -0.05) is 11.6 Å². The highest BCUT2D eigenvalue weighted by Gasteiger charge is 2.10. The van der Waals surface area contributed by atoms with E-state index in [0.717, 1.165) is 0 Å². The van der Waals surface area contributed by atoms with Gasteiger partial charge in [0.1, 0.15) is 10.8 Å². The molecule has 0 fully saturated rings. The Labute approximate surface area is 78.3 Å². The van der Waals surface area contributed by atoms with Crippen LogP contribution in [0.2, 0.25) is 5.15 Å². The van der Waals surface area contributed by atoms with Crippen molar-refractivity contribution in [3.05, 3.63) is 28.5 Å². The van der Waals surface area contributed by atoms with Crippen molar-refractivity contribution in [1.82, 2.24) is 4.98 Å². The van der Waals surface area contributed by atoms with E-state index in [4.69, 9.17) is 23.2 Å². The van der Waals surface area contributed by atoms with Gasteiger partial charge in [0.05, 0.1) is 0 Å². The number of halogens is 4. The standard InChI is InChI=1S/C7H5Cl2F2N/c8-3-4-1-5(7(10)11)12-6(9)2-4/h1-2,7H,3H2. The minimum atomic E-state index is -2.61. The lowest BCUT2D eigenvalue weighted by Crippen LogP contribution is -1.92. The van der Waals surface area contributed by atoms with E-state index in [9.17, 15) is 8.78 Å².